The number of hydrogen-bond acceptors (Lipinski definition) is 3. The zero-order chi connectivity index (χ0) is 14.2. The highest BCUT2D eigenvalue weighted by Crippen LogP contribution is 2.23. The van der Waals surface area contributed by atoms with Gasteiger partial charge in [0.15, 0.2) is 0 Å². The molecule has 0 radical (unpaired) electrons. The first-order chi connectivity index (χ1) is 8.86. The van der Waals surface area contributed by atoms with Crippen molar-refractivity contribution in [3.05, 3.63) is 17.5 Å². The highest BCUT2D eigenvalue weighted by atomic mass is 16.2. The number of amides is 1. The lowest BCUT2D eigenvalue weighted by Gasteiger charge is -2.24. The number of hydrogen-bond donors (Lipinski definition) is 1. The first-order valence-corrected chi connectivity index (χ1v) is 6.92. The summed E-state index contributed by atoms with van der Waals surface area (Å²) in [7, 11) is 0. The van der Waals surface area contributed by atoms with Crippen molar-refractivity contribution < 1.29 is 4.79 Å². The van der Waals surface area contributed by atoms with Crippen molar-refractivity contribution in [2.24, 2.45) is 5.73 Å². The fourth-order valence-electron chi connectivity index (χ4n) is 2.80. The van der Waals surface area contributed by atoms with Gasteiger partial charge in [-0.1, -0.05) is 0 Å². The van der Waals surface area contributed by atoms with Crippen LogP contribution in [0.2, 0.25) is 0 Å². The van der Waals surface area contributed by atoms with Crippen LogP contribution >= 0.6 is 0 Å². The Balaban J connectivity index is 2.28. The largest absolute Gasteiger partial charge is 0.334 e. The Kier molecular flexibility index (Phi) is 3.67. The molecule has 1 atom stereocenters. The third-order valence-electron chi connectivity index (χ3n) is 3.79. The van der Waals surface area contributed by atoms with Gasteiger partial charge < -0.3 is 10.6 Å². The molecule has 0 aliphatic carbocycles. The summed E-state index contributed by atoms with van der Waals surface area (Å²) >= 11 is 0. The first-order valence-electron chi connectivity index (χ1n) is 6.92. The smallest absolute Gasteiger partial charge is 0.257 e. The molecule has 0 bridgehead atoms. The Hall–Kier alpha value is -1.36. The van der Waals surface area contributed by atoms with Crippen molar-refractivity contribution in [3.8, 4) is 0 Å². The minimum atomic E-state index is -0.110. The van der Waals surface area contributed by atoms with Crippen molar-refractivity contribution in [3.63, 3.8) is 0 Å². The van der Waals surface area contributed by atoms with Gasteiger partial charge in [-0.25, -0.2) is 0 Å². The minimum absolute atomic E-state index is 0.0703. The van der Waals surface area contributed by atoms with E-state index in [4.69, 9.17) is 5.73 Å². The van der Waals surface area contributed by atoms with E-state index in [-0.39, 0.29) is 17.5 Å². The Bertz CT molecular complexity index is 472. The Morgan fingerprint density at radius 2 is 2.21 bits per heavy atom. The molecule has 1 fully saturated rings. The van der Waals surface area contributed by atoms with Crippen LogP contribution in [-0.4, -0.2) is 39.7 Å². The number of rotatable bonds is 2. The molecule has 19 heavy (non-hydrogen) atoms. The highest BCUT2D eigenvalue weighted by Gasteiger charge is 2.31. The second-order valence-corrected chi connectivity index (χ2v) is 6.26. The molecule has 2 heterocycles. The Labute approximate surface area is 114 Å². The quantitative estimate of drug-likeness (QED) is 0.880. The van der Waals surface area contributed by atoms with E-state index < -0.39 is 0 Å². The molecule has 0 spiro atoms. The summed E-state index contributed by atoms with van der Waals surface area (Å²) in [5.74, 6) is 0.0703. The second-order valence-electron chi connectivity index (χ2n) is 6.26. The van der Waals surface area contributed by atoms with Crippen LogP contribution in [-0.2, 0) is 5.54 Å². The molecule has 106 valence electrons. The molecule has 1 aromatic heterocycles. The summed E-state index contributed by atoms with van der Waals surface area (Å²) in [4.78, 5) is 14.5. The lowest BCUT2D eigenvalue weighted by Crippen LogP contribution is -2.40. The van der Waals surface area contributed by atoms with E-state index >= 15 is 0 Å². The fraction of sp³-hybridized carbons (Fsp3) is 0.714. The predicted octanol–water partition coefficient (Wildman–Crippen LogP) is 1.51. The van der Waals surface area contributed by atoms with Crippen molar-refractivity contribution in [1.29, 1.82) is 0 Å². The molecule has 2 rings (SSSR count). The van der Waals surface area contributed by atoms with Crippen LogP contribution in [0.15, 0.2) is 6.20 Å². The van der Waals surface area contributed by atoms with Crippen LogP contribution in [0.4, 0.5) is 0 Å². The SMILES string of the molecule is Cc1c(C(=O)N2CCCC2CN)cnn1C(C)(C)C. The van der Waals surface area contributed by atoms with Crippen molar-refractivity contribution in [2.75, 3.05) is 13.1 Å². The maximum absolute atomic E-state index is 12.6. The maximum Gasteiger partial charge on any atom is 0.257 e. The van der Waals surface area contributed by atoms with Gasteiger partial charge in [-0.05, 0) is 40.5 Å². The number of nitrogens with two attached hydrogens (primary N) is 1. The number of likely N-dealkylation sites (tertiary alicyclic amines) is 1. The summed E-state index contributed by atoms with van der Waals surface area (Å²) < 4.78 is 1.91. The molecule has 1 amide bonds. The van der Waals surface area contributed by atoms with E-state index in [0.717, 1.165) is 25.1 Å². The first kappa shape index (κ1) is 14.1. The van der Waals surface area contributed by atoms with Gasteiger partial charge in [-0.3, -0.25) is 9.48 Å². The van der Waals surface area contributed by atoms with Gasteiger partial charge in [0.1, 0.15) is 0 Å². The predicted molar refractivity (Wildman–Crippen MR) is 75.1 cm³/mol. The van der Waals surface area contributed by atoms with Crippen LogP contribution in [0.5, 0.6) is 0 Å². The third-order valence-corrected chi connectivity index (χ3v) is 3.79. The van der Waals surface area contributed by atoms with Gasteiger partial charge in [0.25, 0.3) is 5.91 Å². The standard InChI is InChI=1S/C14H24N4O/c1-10-12(9-16-18(10)14(2,3)4)13(19)17-7-5-6-11(17)8-15/h9,11H,5-8,15H2,1-4H3. The van der Waals surface area contributed by atoms with Gasteiger partial charge in [0.05, 0.1) is 17.3 Å². The zero-order valence-electron chi connectivity index (χ0n) is 12.3. The lowest BCUT2D eigenvalue weighted by atomic mass is 10.1. The lowest BCUT2D eigenvalue weighted by molar-refractivity contribution is 0.0740. The number of aromatic nitrogens is 2. The number of carbonyl (C=O) groups is 1. The van der Waals surface area contributed by atoms with Crippen LogP contribution < -0.4 is 5.73 Å². The van der Waals surface area contributed by atoms with E-state index in [1.54, 1.807) is 6.20 Å². The maximum atomic E-state index is 12.6. The molecule has 1 unspecified atom stereocenters. The topological polar surface area (TPSA) is 64.2 Å². The third kappa shape index (κ3) is 2.52. The van der Waals surface area contributed by atoms with E-state index in [9.17, 15) is 4.79 Å². The monoisotopic (exact) mass is 264 g/mol. The molecule has 0 aromatic carbocycles. The van der Waals surface area contributed by atoms with E-state index in [1.807, 2.05) is 16.5 Å². The molecule has 1 saturated heterocycles. The number of nitrogens with zero attached hydrogens (tertiary/aromatic N) is 3. The summed E-state index contributed by atoms with van der Waals surface area (Å²) in [6, 6.07) is 0.185. The minimum Gasteiger partial charge on any atom is -0.334 e. The molecule has 1 aromatic rings. The summed E-state index contributed by atoms with van der Waals surface area (Å²) in [6.45, 7) is 9.55. The van der Waals surface area contributed by atoms with Crippen LogP contribution in [0.25, 0.3) is 0 Å². The van der Waals surface area contributed by atoms with E-state index in [2.05, 4.69) is 25.9 Å². The molecule has 1 aliphatic heterocycles. The van der Waals surface area contributed by atoms with E-state index in [0.29, 0.717) is 12.1 Å². The van der Waals surface area contributed by atoms with E-state index in [1.165, 1.54) is 0 Å². The van der Waals surface area contributed by atoms with Gasteiger partial charge >= 0.3 is 0 Å². The normalized spacial score (nSPS) is 20.1. The van der Waals surface area contributed by atoms with Crippen LogP contribution in [0.3, 0.4) is 0 Å². The summed E-state index contributed by atoms with van der Waals surface area (Å²) in [6.07, 6.45) is 3.74. The van der Waals surface area contributed by atoms with Crippen molar-refractivity contribution in [1.82, 2.24) is 14.7 Å². The van der Waals surface area contributed by atoms with Crippen LogP contribution in [0, 0.1) is 6.92 Å². The molecule has 2 N–H and O–H groups in total. The molecule has 5 nitrogen and oxygen atoms in total. The highest BCUT2D eigenvalue weighted by molar-refractivity contribution is 5.95. The summed E-state index contributed by atoms with van der Waals surface area (Å²) in [5, 5.41) is 4.37. The average molecular weight is 264 g/mol. The van der Waals surface area contributed by atoms with Gasteiger partial charge in [0.2, 0.25) is 0 Å². The zero-order valence-corrected chi connectivity index (χ0v) is 12.3. The van der Waals surface area contributed by atoms with Crippen molar-refractivity contribution in [2.45, 2.75) is 52.1 Å². The van der Waals surface area contributed by atoms with Gasteiger partial charge in [-0.2, -0.15) is 5.10 Å². The molecule has 0 saturated carbocycles. The Morgan fingerprint density at radius 3 is 2.74 bits per heavy atom. The second kappa shape index (κ2) is 4.96. The van der Waals surface area contributed by atoms with Crippen molar-refractivity contribution >= 4 is 5.91 Å². The molecular formula is C14H24N4O. The Morgan fingerprint density at radius 1 is 1.53 bits per heavy atom. The molecular weight excluding hydrogens is 240 g/mol. The van der Waals surface area contributed by atoms with Crippen LogP contribution in [0.1, 0.15) is 49.7 Å². The number of carbonyl (C=O) groups excluding carboxylic acids is 1. The summed E-state index contributed by atoms with van der Waals surface area (Å²) in [5.41, 5.74) is 7.26. The fourth-order valence-corrected chi connectivity index (χ4v) is 2.80. The average Bonchev–Trinajstić information content (AvgIpc) is 2.92. The molecule has 1 aliphatic rings. The molecule has 5 heteroatoms. The van der Waals surface area contributed by atoms with Gasteiger partial charge in [0, 0.05) is 24.8 Å². The van der Waals surface area contributed by atoms with Gasteiger partial charge in [-0.15, -0.1) is 0 Å².